The normalized spacial score (nSPS) is 10.7. The van der Waals surface area contributed by atoms with Crippen LogP contribution in [-0.2, 0) is 7.05 Å². The predicted molar refractivity (Wildman–Crippen MR) is 105 cm³/mol. The number of aryl methyl sites for hydroxylation is 1. The van der Waals surface area contributed by atoms with Gasteiger partial charge in [-0.05, 0) is 40.2 Å². The van der Waals surface area contributed by atoms with Crippen LogP contribution >= 0.6 is 15.9 Å². The van der Waals surface area contributed by atoms with Gasteiger partial charge >= 0.3 is 0 Å². The molecule has 0 amide bonds. The second kappa shape index (κ2) is 7.40. The lowest BCUT2D eigenvalue weighted by molar-refractivity contribution is 0.351. The van der Waals surface area contributed by atoms with Gasteiger partial charge in [0.05, 0.1) is 39.0 Å². The van der Waals surface area contributed by atoms with Crippen LogP contribution < -0.4 is 14.2 Å². The molecule has 3 aromatic rings. The summed E-state index contributed by atoms with van der Waals surface area (Å²) in [4.78, 5) is 4.47. The van der Waals surface area contributed by atoms with E-state index in [2.05, 4.69) is 20.9 Å². The lowest BCUT2D eigenvalue weighted by Crippen LogP contribution is -1.95. The summed E-state index contributed by atoms with van der Waals surface area (Å²) in [6, 6.07) is 6.89. The maximum Gasteiger partial charge on any atom is 0.201 e. The van der Waals surface area contributed by atoms with Crippen LogP contribution in [0.3, 0.4) is 0 Å². The number of hydrogen-bond donors (Lipinski definition) is 2. The SMILES string of the molecule is COc1ccc(-c2c(-c3cc(OC)c(Br)c(OC)c3)ncn2C)c(O)c1O. The minimum absolute atomic E-state index is 0.187. The Labute approximate surface area is 164 Å². The molecule has 2 N–H and O–H groups in total. The minimum Gasteiger partial charge on any atom is -0.504 e. The van der Waals surface area contributed by atoms with E-state index in [4.69, 9.17) is 14.2 Å². The van der Waals surface area contributed by atoms with Crippen molar-refractivity contribution < 1.29 is 24.4 Å². The number of benzene rings is 2. The highest BCUT2D eigenvalue weighted by Crippen LogP contribution is 2.46. The Morgan fingerprint density at radius 2 is 1.52 bits per heavy atom. The van der Waals surface area contributed by atoms with Crippen LogP contribution in [0.25, 0.3) is 22.5 Å². The Kier molecular flexibility index (Phi) is 5.18. The zero-order valence-electron chi connectivity index (χ0n) is 15.3. The van der Waals surface area contributed by atoms with Gasteiger partial charge in [-0.2, -0.15) is 0 Å². The molecule has 2 aromatic carbocycles. The molecule has 0 spiro atoms. The highest BCUT2D eigenvalue weighted by atomic mass is 79.9. The lowest BCUT2D eigenvalue weighted by atomic mass is 10.0. The second-order valence-electron chi connectivity index (χ2n) is 5.76. The minimum atomic E-state index is -0.326. The highest BCUT2D eigenvalue weighted by Gasteiger charge is 2.22. The molecule has 142 valence electrons. The quantitative estimate of drug-likeness (QED) is 0.591. The van der Waals surface area contributed by atoms with E-state index in [-0.39, 0.29) is 17.2 Å². The van der Waals surface area contributed by atoms with Gasteiger partial charge in [-0.15, -0.1) is 0 Å². The number of ether oxygens (including phenoxy) is 3. The first-order valence-electron chi connectivity index (χ1n) is 7.95. The van der Waals surface area contributed by atoms with E-state index in [1.165, 1.54) is 7.11 Å². The number of nitrogens with zero attached hydrogens (tertiary/aromatic N) is 2. The van der Waals surface area contributed by atoms with E-state index >= 15 is 0 Å². The Balaban J connectivity index is 2.25. The van der Waals surface area contributed by atoms with E-state index in [9.17, 15) is 10.2 Å². The van der Waals surface area contributed by atoms with Crippen molar-refractivity contribution in [3.63, 3.8) is 0 Å². The maximum absolute atomic E-state index is 10.5. The fourth-order valence-electron chi connectivity index (χ4n) is 2.88. The summed E-state index contributed by atoms with van der Waals surface area (Å²) in [5, 5.41) is 20.7. The van der Waals surface area contributed by atoms with Gasteiger partial charge < -0.3 is 29.0 Å². The van der Waals surface area contributed by atoms with Crippen molar-refractivity contribution in [1.82, 2.24) is 9.55 Å². The van der Waals surface area contributed by atoms with Gasteiger partial charge in [0, 0.05) is 18.2 Å². The van der Waals surface area contributed by atoms with Crippen LogP contribution in [-0.4, -0.2) is 41.1 Å². The number of methoxy groups -OCH3 is 3. The van der Waals surface area contributed by atoms with Crippen molar-refractivity contribution in [2.75, 3.05) is 21.3 Å². The molecule has 0 unspecified atom stereocenters. The number of halogens is 1. The Morgan fingerprint density at radius 1 is 0.926 bits per heavy atom. The van der Waals surface area contributed by atoms with Crippen molar-refractivity contribution >= 4 is 15.9 Å². The first-order valence-corrected chi connectivity index (χ1v) is 8.74. The van der Waals surface area contributed by atoms with Gasteiger partial charge in [0.2, 0.25) is 5.75 Å². The fraction of sp³-hybridized carbons (Fsp3) is 0.211. The van der Waals surface area contributed by atoms with E-state index in [1.807, 2.05) is 12.1 Å². The average Bonchev–Trinajstić information content (AvgIpc) is 3.05. The number of phenols is 2. The van der Waals surface area contributed by atoms with Gasteiger partial charge in [0.15, 0.2) is 11.5 Å². The Morgan fingerprint density at radius 3 is 2.07 bits per heavy atom. The third kappa shape index (κ3) is 3.16. The van der Waals surface area contributed by atoms with Gasteiger partial charge in [0.25, 0.3) is 0 Å². The number of phenolic OH excluding ortho intramolecular Hbond substituents is 2. The molecule has 0 bridgehead atoms. The molecule has 0 radical (unpaired) electrons. The summed E-state index contributed by atoms with van der Waals surface area (Å²) in [7, 11) is 6.36. The third-order valence-electron chi connectivity index (χ3n) is 4.25. The molecule has 0 saturated heterocycles. The molecule has 3 rings (SSSR count). The van der Waals surface area contributed by atoms with Crippen LogP contribution in [0.4, 0.5) is 0 Å². The molecule has 7 nitrogen and oxygen atoms in total. The predicted octanol–water partition coefficient (Wildman–Crippen LogP) is 3.95. The maximum atomic E-state index is 10.5. The molecule has 1 aromatic heterocycles. The van der Waals surface area contributed by atoms with Crippen LogP contribution in [0, 0.1) is 0 Å². The Hall–Kier alpha value is -2.87. The van der Waals surface area contributed by atoms with Crippen LogP contribution in [0.5, 0.6) is 28.7 Å². The van der Waals surface area contributed by atoms with E-state index in [1.54, 1.807) is 44.3 Å². The van der Waals surface area contributed by atoms with Gasteiger partial charge in [-0.25, -0.2) is 4.98 Å². The molecular formula is C19H19BrN2O5. The Bertz CT molecular complexity index is 975. The molecular weight excluding hydrogens is 416 g/mol. The van der Waals surface area contributed by atoms with Crippen molar-refractivity contribution in [3.8, 4) is 51.3 Å². The zero-order chi connectivity index (χ0) is 19.7. The van der Waals surface area contributed by atoms with E-state index in [0.717, 1.165) is 5.56 Å². The summed E-state index contributed by atoms with van der Waals surface area (Å²) < 4.78 is 18.3. The van der Waals surface area contributed by atoms with E-state index in [0.29, 0.717) is 32.9 Å². The first-order chi connectivity index (χ1) is 12.9. The summed E-state index contributed by atoms with van der Waals surface area (Å²) in [6.45, 7) is 0. The average molecular weight is 435 g/mol. The second-order valence-corrected chi connectivity index (χ2v) is 6.55. The van der Waals surface area contributed by atoms with E-state index < -0.39 is 0 Å². The first kappa shape index (κ1) is 18.9. The summed E-state index contributed by atoms with van der Waals surface area (Å²) in [6.07, 6.45) is 1.63. The molecule has 1 heterocycles. The topological polar surface area (TPSA) is 86.0 Å². The van der Waals surface area contributed by atoms with Crippen LogP contribution in [0.2, 0.25) is 0 Å². The number of aromatic hydroxyl groups is 2. The van der Waals surface area contributed by atoms with Crippen molar-refractivity contribution in [1.29, 1.82) is 0 Å². The van der Waals surface area contributed by atoms with Gasteiger partial charge in [-0.1, -0.05) is 0 Å². The van der Waals surface area contributed by atoms with Crippen molar-refractivity contribution in [2.45, 2.75) is 0 Å². The number of imidazole rings is 1. The van der Waals surface area contributed by atoms with Gasteiger partial charge in [-0.3, -0.25) is 0 Å². The molecule has 0 atom stereocenters. The van der Waals surface area contributed by atoms with Crippen LogP contribution in [0.1, 0.15) is 0 Å². The third-order valence-corrected chi connectivity index (χ3v) is 5.03. The molecule has 0 saturated carbocycles. The smallest absolute Gasteiger partial charge is 0.201 e. The number of aromatic nitrogens is 2. The fourth-order valence-corrected chi connectivity index (χ4v) is 3.43. The van der Waals surface area contributed by atoms with Crippen LogP contribution in [0.15, 0.2) is 35.1 Å². The molecule has 27 heavy (non-hydrogen) atoms. The van der Waals surface area contributed by atoms with Gasteiger partial charge in [0.1, 0.15) is 16.0 Å². The summed E-state index contributed by atoms with van der Waals surface area (Å²) in [5.74, 6) is 0.751. The largest absolute Gasteiger partial charge is 0.504 e. The lowest BCUT2D eigenvalue weighted by Gasteiger charge is -2.14. The van der Waals surface area contributed by atoms with Crippen molar-refractivity contribution in [2.24, 2.45) is 7.05 Å². The highest BCUT2D eigenvalue weighted by molar-refractivity contribution is 9.10. The van der Waals surface area contributed by atoms with Crippen molar-refractivity contribution in [3.05, 3.63) is 35.1 Å². The zero-order valence-corrected chi connectivity index (χ0v) is 16.9. The standard InChI is InChI=1S/C19H19BrN2O5/c1-22-9-21-16(10-7-13(26-3)15(20)14(8-10)27-4)17(22)11-5-6-12(25-2)19(24)18(11)23/h5-9,23-24H,1-4H3. The molecule has 8 heteroatoms. The molecule has 0 aliphatic heterocycles. The number of rotatable bonds is 5. The molecule has 0 aliphatic carbocycles. The molecule has 0 fully saturated rings. The number of hydrogen-bond acceptors (Lipinski definition) is 6. The summed E-state index contributed by atoms with van der Waals surface area (Å²) in [5.41, 5.74) is 2.37. The monoisotopic (exact) mass is 434 g/mol. The summed E-state index contributed by atoms with van der Waals surface area (Å²) >= 11 is 3.45. The molecule has 0 aliphatic rings.